The van der Waals surface area contributed by atoms with Crippen LogP contribution in [-0.2, 0) is 95.3 Å². The van der Waals surface area contributed by atoms with Crippen molar-refractivity contribution in [2.75, 3.05) is 84.3 Å². The number of hydrogen-bond donors (Lipinski definition) is 8. The smallest absolute Gasteiger partial charge is 0.355 e. The van der Waals surface area contributed by atoms with Gasteiger partial charge < -0.3 is 107 Å². The Kier molecular flexibility index (Phi) is 46.0. The number of benzene rings is 1. The average Bonchev–Trinajstić information content (AvgIpc) is 1.62. The maximum Gasteiger partial charge on any atom is 0.355 e. The minimum atomic E-state index is -0.995. The van der Waals surface area contributed by atoms with Gasteiger partial charge in [-0.15, -0.1) is 0 Å². The van der Waals surface area contributed by atoms with E-state index in [2.05, 4.69) is 54.0 Å². The van der Waals surface area contributed by atoms with E-state index < -0.39 is 99.6 Å². The number of nitrogens with one attached hydrogen (secondary N) is 7. The van der Waals surface area contributed by atoms with E-state index in [1.165, 1.54) is 24.3 Å². The molecule has 39 heteroatoms. The Morgan fingerprint density at radius 2 is 0.811 bits per heavy atom. The largest absolute Gasteiger partial charge is 0.481 e. The fraction of sp³-hybridized carbons (Fsp3) is 0.519. The molecule has 8 heterocycles. The highest BCUT2D eigenvalue weighted by molar-refractivity contribution is 6.35. The number of amides is 2. The predicted octanol–water partition coefficient (Wildman–Crippen LogP) is 17.2. The lowest BCUT2D eigenvalue weighted by atomic mass is 10.0. The van der Waals surface area contributed by atoms with Crippen molar-refractivity contribution in [3.05, 3.63) is 171 Å². The Morgan fingerprint density at radius 1 is 0.441 bits per heavy atom. The zero-order chi connectivity index (χ0) is 109. The molecule has 0 atom stereocenters. The molecule has 2 amide bonds. The molecular formula is C104H144FN9O29. The Labute approximate surface area is 834 Å². The molecular weight excluding hydrogens is 1860 g/mol. The van der Waals surface area contributed by atoms with Crippen molar-refractivity contribution in [3.63, 3.8) is 0 Å². The molecule has 0 aliphatic carbocycles. The van der Waals surface area contributed by atoms with Crippen LogP contribution in [0.15, 0.2) is 24.3 Å². The minimum Gasteiger partial charge on any atom is -0.481 e. The van der Waals surface area contributed by atoms with Gasteiger partial charge in [-0.25, -0.2) is 57.1 Å². The first-order valence-corrected chi connectivity index (χ1v) is 47.4. The van der Waals surface area contributed by atoms with Crippen LogP contribution in [0.1, 0.15) is 384 Å². The SMILES string of the molecule is CCN(CC)CCN1CCCc2[nH]c(/C=C3\C(=O)Nc4ccc(F)cc43)c(C)c2C1=O.CCOC(=O)/C=C/c1[nH]c(C(=O)OC(C)(C)C)c(C)c1C(=O)OCC.CCOC(=O)CCc1[nH]c(C(=O)OC(C)(C)C)c(C)c1C(=O)OCC.CCOC(=O)c1c(C)[nH]c(C(=O)OC(C)(C)C)c1C.CCOC(=O)c1c(C=O)[nH]c(C(=O)OC(C)(C)C)c1C.CCOC(=O)c1c(CCC(=O)O)[nH]c(C(=O)OC(C)(C)C)c1C. The lowest BCUT2D eigenvalue weighted by Crippen LogP contribution is -2.38. The summed E-state index contributed by atoms with van der Waals surface area (Å²) in [4.78, 5) is 214. The molecule has 143 heavy (non-hydrogen) atoms. The van der Waals surface area contributed by atoms with Gasteiger partial charge in [-0.2, -0.15) is 0 Å². The molecule has 38 nitrogen and oxygen atoms in total. The standard InChI is InChI=1S/C24H29FN4O2.C18H27NO6.C18H25NO6.C16H23NO6.C14H19NO5.C14H21NO4/c1-4-28(5-2)11-12-29-10-6-7-20-22(24(29)31)15(3)21(26-20)14-18-17-13-16(25)8-9-19(17)27-23(18)30;2*1-7-23-13(20)10-9-12-14(16(21)24-8-2)11(3)15(19-12)17(22)25-18(4,5)6;1-6-22-14(20)12-9(2)13(15(21)23-16(3,4)5)17-10(12)7-8-11(18)19;1-6-19-12(17)10-8(2)11(15-9(10)7-16)13(18)20-14(3,4)5;1-7-18-12(16)10-8(2)11(15-9(10)3)13(17)19-14(4,5)6/h8-9,13-14,26H,4-7,10-12H2,1-3H3,(H,27,30);19H,7-10H2,1-6H3;9-10,19H,7-8H2,1-6H3;17H,6-8H2,1-5H3,(H,18,19);7,15H,6H2,1-5H3;15H,7H2,1-6H3/b18-14-;;10-9+;;;. The first-order chi connectivity index (χ1) is 66.6. The van der Waals surface area contributed by atoms with Crippen molar-refractivity contribution in [1.29, 1.82) is 0 Å². The molecule has 9 rings (SSSR count). The molecule has 0 fully saturated rings. The fourth-order valence-electron chi connectivity index (χ4n) is 14.5. The number of aromatic amines is 6. The molecule has 0 spiro atoms. The monoisotopic (exact) mass is 2000 g/mol. The van der Waals surface area contributed by atoms with Crippen LogP contribution in [0.2, 0.25) is 0 Å². The second-order valence-corrected chi connectivity index (χ2v) is 37.6. The molecule has 0 bridgehead atoms. The maximum absolute atomic E-state index is 13.8. The number of carbonyl (C=O) groups excluding carboxylic acids is 15. The molecule has 0 saturated carbocycles. The van der Waals surface area contributed by atoms with E-state index in [4.69, 9.17) is 61.9 Å². The zero-order valence-corrected chi connectivity index (χ0v) is 88.4. The third-order valence-corrected chi connectivity index (χ3v) is 20.7. The molecule has 0 radical (unpaired) electrons. The van der Waals surface area contributed by atoms with Crippen molar-refractivity contribution in [1.82, 2.24) is 39.7 Å². The first kappa shape index (κ1) is 121. The summed E-state index contributed by atoms with van der Waals surface area (Å²) in [7, 11) is 0. The van der Waals surface area contributed by atoms with Gasteiger partial charge in [0.15, 0.2) is 6.29 Å². The summed E-state index contributed by atoms with van der Waals surface area (Å²) in [6, 6.07) is 4.26. The summed E-state index contributed by atoms with van der Waals surface area (Å²) in [6.07, 6.45) is 6.69. The number of aryl methyl sites for hydroxylation is 4. The number of carboxylic acid groups (broad SMARTS) is 1. The van der Waals surface area contributed by atoms with Gasteiger partial charge in [-0.05, 0) is 303 Å². The number of H-pyrrole nitrogens is 6. The van der Waals surface area contributed by atoms with Crippen molar-refractivity contribution in [3.8, 4) is 0 Å². The number of esters is 12. The van der Waals surface area contributed by atoms with E-state index in [-0.39, 0.29) is 145 Å². The number of hydrogen-bond acceptors (Lipinski definition) is 29. The molecule has 6 aromatic heterocycles. The molecule has 7 aromatic rings. The van der Waals surface area contributed by atoms with Crippen LogP contribution in [-0.4, -0.2) is 247 Å². The summed E-state index contributed by atoms with van der Waals surface area (Å²) in [5, 5.41) is 11.6. The van der Waals surface area contributed by atoms with Crippen LogP contribution >= 0.6 is 0 Å². The van der Waals surface area contributed by atoms with Crippen molar-refractivity contribution < 1.29 is 143 Å². The highest BCUT2D eigenvalue weighted by Gasteiger charge is 2.36. The number of carbonyl (C=O) groups is 16. The summed E-state index contributed by atoms with van der Waals surface area (Å²) in [6.45, 7) is 60.0. The third kappa shape index (κ3) is 36.2. The van der Waals surface area contributed by atoms with Crippen LogP contribution in [0.25, 0.3) is 17.7 Å². The molecule has 0 saturated heterocycles. The van der Waals surface area contributed by atoms with Crippen LogP contribution in [0.4, 0.5) is 10.1 Å². The maximum atomic E-state index is 13.8. The predicted molar refractivity (Wildman–Crippen MR) is 530 cm³/mol. The van der Waals surface area contributed by atoms with Gasteiger partial charge in [0.1, 0.15) is 62.3 Å². The lowest BCUT2D eigenvalue weighted by Gasteiger charge is -2.25. The van der Waals surface area contributed by atoms with E-state index in [0.29, 0.717) is 98.0 Å². The van der Waals surface area contributed by atoms with Gasteiger partial charge in [0.2, 0.25) is 0 Å². The molecule has 2 aliphatic heterocycles. The number of ether oxygens (including phenoxy) is 12. The average molecular weight is 2000 g/mol. The van der Waals surface area contributed by atoms with E-state index in [9.17, 15) is 81.1 Å². The van der Waals surface area contributed by atoms with Gasteiger partial charge in [0, 0.05) is 65.4 Å². The summed E-state index contributed by atoms with van der Waals surface area (Å²) in [5.41, 5.74) is 7.35. The van der Waals surface area contributed by atoms with Gasteiger partial charge in [-0.1, -0.05) is 13.8 Å². The lowest BCUT2D eigenvalue weighted by molar-refractivity contribution is -0.143. The summed E-state index contributed by atoms with van der Waals surface area (Å²) in [5.74, 6) is -8.14. The second-order valence-electron chi connectivity index (χ2n) is 37.6. The molecule has 0 unspecified atom stereocenters. The number of nitrogens with zero attached hydrogens (tertiary/aromatic N) is 2. The second kappa shape index (κ2) is 54.3. The number of halogens is 1. The highest BCUT2D eigenvalue weighted by Crippen LogP contribution is 2.37. The van der Waals surface area contributed by atoms with Crippen LogP contribution in [0.3, 0.4) is 0 Å². The fourth-order valence-corrected chi connectivity index (χ4v) is 14.5. The third-order valence-electron chi connectivity index (χ3n) is 20.7. The topological polar surface area (TPSA) is 517 Å². The van der Waals surface area contributed by atoms with Crippen LogP contribution in [0.5, 0.6) is 0 Å². The number of rotatable bonds is 32. The molecule has 1 aromatic carbocycles. The van der Waals surface area contributed by atoms with E-state index >= 15 is 0 Å². The Bertz CT molecular complexity index is 5800. The number of carboxylic acids is 1. The number of aliphatic carboxylic acids is 1. The van der Waals surface area contributed by atoms with Gasteiger partial charge in [0.05, 0.1) is 109 Å². The van der Waals surface area contributed by atoms with Gasteiger partial charge in [-0.3, -0.25) is 24.0 Å². The summed E-state index contributed by atoms with van der Waals surface area (Å²) >= 11 is 0. The Balaban J connectivity index is 0.000000361. The van der Waals surface area contributed by atoms with Crippen molar-refractivity contribution >= 4 is 119 Å². The van der Waals surface area contributed by atoms with Crippen LogP contribution < -0.4 is 5.32 Å². The van der Waals surface area contributed by atoms with E-state index in [1.54, 1.807) is 206 Å². The Hall–Kier alpha value is -14.0. The quantitative estimate of drug-likeness (QED) is 0.00840. The van der Waals surface area contributed by atoms with Gasteiger partial charge in [0.25, 0.3) is 11.8 Å². The van der Waals surface area contributed by atoms with Crippen LogP contribution in [0, 0.1) is 54.3 Å². The van der Waals surface area contributed by atoms with Crippen molar-refractivity contribution in [2.45, 2.75) is 281 Å². The van der Waals surface area contributed by atoms with E-state index in [1.807, 2.05) is 11.8 Å². The minimum absolute atomic E-state index is 0.0156. The number of likely N-dealkylation sites (N-methyl/N-ethyl adjacent to an activating group) is 1. The van der Waals surface area contributed by atoms with Gasteiger partial charge >= 0.3 is 77.6 Å². The Morgan fingerprint density at radius 3 is 1.21 bits per heavy atom. The molecule has 2 aliphatic rings. The number of fused-ring (bicyclic) bond motifs is 2. The molecule has 8 N–H and O–H groups in total. The van der Waals surface area contributed by atoms with Crippen molar-refractivity contribution in [2.24, 2.45) is 0 Å². The summed E-state index contributed by atoms with van der Waals surface area (Å²) < 4.78 is 74.9. The number of anilines is 1. The zero-order valence-electron chi connectivity index (χ0n) is 88.4. The number of aromatic nitrogens is 6. The first-order valence-electron chi connectivity index (χ1n) is 47.4. The van der Waals surface area contributed by atoms with E-state index in [0.717, 1.165) is 56.0 Å². The normalized spacial score (nSPS) is 12.5. The molecule has 786 valence electrons. The number of aldehydes is 1. The highest BCUT2D eigenvalue weighted by atomic mass is 19.1.